The van der Waals surface area contributed by atoms with E-state index in [4.69, 9.17) is 10.00 Å². The van der Waals surface area contributed by atoms with Gasteiger partial charge in [0.05, 0.1) is 28.7 Å². The number of allylic oxidation sites excluding steroid dienone is 2. The number of alkyl halides is 3. The summed E-state index contributed by atoms with van der Waals surface area (Å²) < 4.78 is 99.6. The number of benzene rings is 2. The highest BCUT2D eigenvalue weighted by molar-refractivity contribution is 7.92. The first kappa shape index (κ1) is 22.3. The van der Waals surface area contributed by atoms with Crippen molar-refractivity contribution in [2.24, 2.45) is 5.92 Å². The molecule has 1 aliphatic heterocycles. The van der Waals surface area contributed by atoms with Gasteiger partial charge in [0, 0.05) is 12.0 Å². The summed E-state index contributed by atoms with van der Waals surface area (Å²) in [4.78, 5) is -0.431. The van der Waals surface area contributed by atoms with E-state index in [2.05, 4.69) is 0 Å². The average molecular weight is 469 g/mol. The van der Waals surface area contributed by atoms with Gasteiger partial charge in [0.15, 0.2) is 21.4 Å². The highest BCUT2D eigenvalue weighted by Crippen LogP contribution is 2.57. The van der Waals surface area contributed by atoms with Crippen LogP contribution >= 0.6 is 0 Å². The molecule has 1 heterocycles. The van der Waals surface area contributed by atoms with Crippen LogP contribution in [0.15, 0.2) is 52.9 Å². The summed E-state index contributed by atoms with van der Waals surface area (Å²) in [6.07, 6.45) is -3.34. The third kappa shape index (κ3) is 3.26. The number of hydrogen-bond acceptors (Lipinski definition) is 4. The number of ether oxygens (including phenoxy) is 1. The topological polar surface area (TPSA) is 67.2 Å². The molecule has 32 heavy (non-hydrogen) atoms. The number of sulfone groups is 1. The molecule has 0 aromatic heterocycles. The molecule has 0 spiro atoms. The molecule has 4 nitrogen and oxygen atoms in total. The quantitative estimate of drug-likeness (QED) is 0.443. The van der Waals surface area contributed by atoms with E-state index in [1.165, 1.54) is 6.08 Å². The van der Waals surface area contributed by atoms with Crippen LogP contribution in [0.5, 0.6) is 5.75 Å². The van der Waals surface area contributed by atoms with E-state index in [1.807, 2.05) is 6.07 Å². The van der Waals surface area contributed by atoms with E-state index < -0.39 is 60.1 Å². The molecule has 2 aromatic carbocycles. The first-order valence-electron chi connectivity index (χ1n) is 9.63. The largest absolute Gasteiger partial charge is 0.490 e. The van der Waals surface area contributed by atoms with Crippen molar-refractivity contribution in [2.75, 3.05) is 6.61 Å². The number of nitrogens with zero attached hydrogens (tertiary/aromatic N) is 1. The van der Waals surface area contributed by atoms with E-state index in [0.29, 0.717) is 17.7 Å². The van der Waals surface area contributed by atoms with Crippen LogP contribution < -0.4 is 4.74 Å². The van der Waals surface area contributed by atoms with Crippen molar-refractivity contribution in [3.8, 4) is 11.8 Å². The molecule has 4 rings (SSSR count). The smallest absolute Gasteiger partial charge is 0.416 e. The minimum Gasteiger partial charge on any atom is -0.490 e. The summed E-state index contributed by atoms with van der Waals surface area (Å²) in [5.74, 6) is -3.29. The fraction of sp³-hybridized carbons (Fsp3) is 0.318. The van der Waals surface area contributed by atoms with Gasteiger partial charge in [0.1, 0.15) is 10.6 Å². The van der Waals surface area contributed by atoms with Crippen molar-refractivity contribution < 1.29 is 35.1 Å². The van der Waals surface area contributed by atoms with Gasteiger partial charge in [-0.3, -0.25) is 0 Å². The zero-order valence-corrected chi connectivity index (χ0v) is 17.2. The number of nitriles is 1. The first-order valence-corrected chi connectivity index (χ1v) is 11.1. The van der Waals surface area contributed by atoms with Crippen molar-refractivity contribution in [2.45, 2.75) is 35.1 Å². The van der Waals surface area contributed by atoms with E-state index in [-0.39, 0.29) is 25.9 Å². The molecule has 10 heteroatoms. The van der Waals surface area contributed by atoms with Gasteiger partial charge in [-0.1, -0.05) is 5.57 Å². The Morgan fingerprint density at radius 2 is 1.75 bits per heavy atom. The number of fused-ring (bicyclic) bond motifs is 3. The molecule has 0 bridgehead atoms. The fourth-order valence-electron chi connectivity index (χ4n) is 4.65. The van der Waals surface area contributed by atoms with Gasteiger partial charge in [-0.05, 0) is 55.7 Å². The minimum atomic E-state index is -4.66. The monoisotopic (exact) mass is 469 g/mol. The molecule has 0 amide bonds. The Kier molecular flexibility index (Phi) is 5.28. The predicted octanol–water partition coefficient (Wildman–Crippen LogP) is 5.30. The molecule has 0 N–H and O–H groups in total. The molecular formula is C22H16F5NO3S. The Hall–Kier alpha value is -2.93. The molecule has 2 aromatic rings. The fourth-order valence-corrected chi connectivity index (χ4v) is 6.99. The second-order valence-corrected chi connectivity index (χ2v) is 10.00. The SMILES string of the molecule is N#CC=C1CCC2(S(=O)(=O)c3ccc(C(F)(F)F)cc3)c3c(F)ccc(F)c3OCC2C1. The maximum atomic E-state index is 15.1. The number of rotatable bonds is 2. The molecule has 2 aliphatic rings. The summed E-state index contributed by atoms with van der Waals surface area (Å²) in [6, 6.07) is 6.47. The summed E-state index contributed by atoms with van der Waals surface area (Å²) >= 11 is 0. The van der Waals surface area contributed by atoms with Crippen molar-refractivity contribution in [1.82, 2.24) is 0 Å². The first-order chi connectivity index (χ1) is 15.0. The lowest BCUT2D eigenvalue weighted by molar-refractivity contribution is -0.137. The van der Waals surface area contributed by atoms with Gasteiger partial charge in [-0.15, -0.1) is 0 Å². The molecule has 2 unspecified atom stereocenters. The highest BCUT2D eigenvalue weighted by Gasteiger charge is 2.59. The van der Waals surface area contributed by atoms with Crippen LogP contribution in [-0.4, -0.2) is 15.0 Å². The summed E-state index contributed by atoms with van der Waals surface area (Å²) in [5.41, 5.74) is -0.845. The van der Waals surface area contributed by atoms with E-state index in [0.717, 1.165) is 24.3 Å². The second kappa shape index (κ2) is 7.59. The summed E-state index contributed by atoms with van der Waals surface area (Å²) in [5, 5.41) is 8.97. The van der Waals surface area contributed by atoms with Gasteiger partial charge in [0.25, 0.3) is 0 Å². The van der Waals surface area contributed by atoms with Crippen LogP contribution in [0.2, 0.25) is 0 Å². The lowest BCUT2D eigenvalue weighted by atomic mass is 9.71. The van der Waals surface area contributed by atoms with Gasteiger partial charge in [0.2, 0.25) is 0 Å². The van der Waals surface area contributed by atoms with E-state index in [9.17, 15) is 26.0 Å². The zero-order valence-electron chi connectivity index (χ0n) is 16.4. The molecule has 0 radical (unpaired) electrons. The third-order valence-corrected chi connectivity index (χ3v) is 8.73. The van der Waals surface area contributed by atoms with Gasteiger partial charge < -0.3 is 4.74 Å². The van der Waals surface area contributed by atoms with E-state index >= 15 is 4.39 Å². The predicted molar refractivity (Wildman–Crippen MR) is 103 cm³/mol. The van der Waals surface area contributed by atoms with Crippen LogP contribution in [0.1, 0.15) is 30.4 Å². The number of hydrogen-bond donors (Lipinski definition) is 0. The maximum absolute atomic E-state index is 15.1. The summed E-state index contributed by atoms with van der Waals surface area (Å²) in [6.45, 7) is -0.254. The summed E-state index contributed by atoms with van der Waals surface area (Å²) in [7, 11) is -4.50. The van der Waals surface area contributed by atoms with Crippen molar-refractivity contribution in [3.05, 3.63) is 70.8 Å². The highest BCUT2D eigenvalue weighted by atomic mass is 32.2. The van der Waals surface area contributed by atoms with Crippen molar-refractivity contribution in [3.63, 3.8) is 0 Å². The third-order valence-electron chi connectivity index (χ3n) is 6.14. The zero-order chi connectivity index (χ0) is 23.3. The Labute approximate surface area is 180 Å². The van der Waals surface area contributed by atoms with Gasteiger partial charge in [-0.2, -0.15) is 18.4 Å². The molecule has 1 saturated carbocycles. The Bertz CT molecular complexity index is 1250. The van der Waals surface area contributed by atoms with Crippen LogP contribution in [0, 0.1) is 28.9 Å². The number of halogens is 5. The average Bonchev–Trinajstić information content (AvgIpc) is 2.75. The Morgan fingerprint density at radius 3 is 2.38 bits per heavy atom. The maximum Gasteiger partial charge on any atom is 0.416 e. The van der Waals surface area contributed by atoms with Crippen LogP contribution in [0.4, 0.5) is 22.0 Å². The molecule has 168 valence electrons. The molecule has 2 atom stereocenters. The van der Waals surface area contributed by atoms with Crippen LogP contribution in [-0.2, 0) is 20.8 Å². The molecular weight excluding hydrogens is 453 g/mol. The Balaban J connectivity index is 1.95. The van der Waals surface area contributed by atoms with Crippen molar-refractivity contribution >= 4 is 9.84 Å². The molecule has 1 fully saturated rings. The normalized spacial score (nSPS) is 24.2. The standard InChI is InChI=1S/C22H16F5NO3S/c23-17-5-6-18(24)20-19(17)21(9-7-13(8-10-28)11-15(21)12-31-20)32(29,30)16-3-1-14(2-4-16)22(25,26)27/h1-6,8,15H,7,9,11-12H2. The minimum absolute atomic E-state index is 0.0861. The van der Waals surface area contributed by atoms with Crippen LogP contribution in [0.25, 0.3) is 0 Å². The second-order valence-electron chi connectivity index (χ2n) is 7.79. The van der Waals surface area contributed by atoms with Gasteiger partial charge in [-0.25, -0.2) is 17.2 Å². The van der Waals surface area contributed by atoms with E-state index in [1.54, 1.807) is 0 Å². The Morgan fingerprint density at radius 1 is 1.09 bits per heavy atom. The van der Waals surface area contributed by atoms with Crippen molar-refractivity contribution in [1.29, 1.82) is 5.26 Å². The molecule has 0 saturated heterocycles. The lowest BCUT2D eigenvalue weighted by Gasteiger charge is -2.47. The molecule has 1 aliphatic carbocycles. The van der Waals surface area contributed by atoms with Gasteiger partial charge >= 0.3 is 6.18 Å². The lowest BCUT2D eigenvalue weighted by Crippen LogP contribution is -2.51. The van der Waals surface area contributed by atoms with Crippen LogP contribution in [0.3, 0.4) is 0 Å².